The van der Waals surface area contributed by atoms with Crippen molar-refractivity contribution in [2.75, 3.05) is 19.6 Å². The second-order valence-electron chi connectivity index (χ2n) is 5.20. The molecule has 0 spiro atoms. The van der Waals surface area contributed by atoms with Gasteiger partial charge in [-0.1, -0.05) is 0 Å². The molecule has 0 aliphatic carbocycles. The van der Waals surface area contributed by atoms with Crippen molar-refractivity contribution >= 4 is 5.91 Å². The van der Waals surface area contributed by atoms with Crippen LogP contribution in [-0.4, -0.2) is 58.6 Å². The first-order valence-electron chi connectivity index (χ1n) is 6.32. The maximum absolute atomic E-state index is 11.7. The molecule has 0 bridgehead atoms. The van der Waals surface area contributed by atoms with Gasteiger partial charge in [-0.15, -0.1) is 0 Å². The topological polar surface area (TPSA) is 43.8 Å². The maximum atomic E-state index is 11.7. The molecule has 1 amide bonds. The lowest BCUT2D eigenvalue weighted by Crippen LogP contribution is -2.48. The number of piperidine rings is 1. The molecule has 2 saturated heterocycles. The van der Waals surface area contributed by atoms with Crippen molar-refractivity contribution in [3.8, 4) is 0 Å². The number of carbonyl (C=O) groups excluding carboxylic acids is 1. The molecule has 2 heterocycles. The second-order valence-corrected chi connectivity index (χ2v) is 5.20. The number of rotatable bonds is 2. The van der Waals surface area contributed by atoms with Crippen molar-refractivity contribution in [2.24, 2.45) is 0 Å². The molecule has 0 radical (unpaired) electrons. The number of aliphatic hydroxyl groups excluding tert-OH is 1. The molecular weight excluding hydrogens is 204 g/mol. The lowest BCUT2D eigenvalue weighted by Gasteiger charge is -2.38. The molecule has 2 aliphatic heterocycles. The summed E-state index contributed by atoms with van der Waals surface area (Å²) in [4.78, 5) is 16.0. The van der Waals surface area contributed by atoms with Gasteiger partial charge in [0.15, 0.2) is 0 Å². The first-order chi connectivity index (χ1) is 7.59. The number of amides is 1. The van der Waals surface area contributed by atoms with E-state index in [1.807, 2.05) is 4.90 Å². The summed E-state index contributed by atoms with van der Waals surface area (Å²) in [6.07, 6.45) is 1.99. The van der Waals surface area contributed by atoms with Crippen molar-refractivity contribution in [2.45, 2.75) is 51.3 Å². The van der Waals surface area contributed by atoms with Crippen molar-refractivity contribution in [3.05, 3.63) is 0 Å². The fourth-order valence-corrected chi connectivity index (χ4v) is 2.76. The quantitative estimate of drug-likeness (QED) is 0.743. The highest BCUT2D eigenvalue weighted by Crippen LogP contribution is 2.23. The Morgan fingerprint density at radius 3 is 2.25 bits per heavy atom. The Kier molecular flexibility index (Phi) is 3.50. The minimum atomic E-state index is -0.733. The highest BCUT2D eigenvalue weighted by atomic mass is 16.3. The minimum absolute atomic E-state index is 0.0528. The molecule has 1 N–H and O–H groups in total. The summed E-state index contributed by atoms with van der Waals surface area (Å²) in [7, 11) is 0. The highest BCUT2D eigenvalue weighted by molar-refractivity contribution is 5.83. The van der Waals surface area contributed by atoms with Crippen molar-refractivity contribution in [1.82, 2.24) is 9.80 Å². The van der Waals surface area contributed by atoms with E-state index in [0.29, 0.717) is 18.5 Å². The van der Waals surface area contributed by atoms with Gasteiger partial charge in [-0.3, -0.25) is 4.79 Å². The van der Waals surface area contributed by atoms with E-state index in [2.05, 4.69) is 18.7 Å². The molecule has 2 fully saturated rings. The van der Waals surface area contributed by atoms with Crippen LogP contribution < -0.4 is 0 Å². The normalized spacial score (nSPS) is 29.4. The summed E-state index contributed by atoms with van der Waals surface area (Å²) in [5.74, 6) is -0.0528. The third kappa shape index (κ3) is 2.23. The van der Waals surface area contributed by atoms with E-state index in [4.69, 9.17) is 0 Å². The average molecular weight is 226 g/mol. The summed E-state index contributed by atoms with van der Waals surface area (Å²) < 4.78 is 0. The SMILES string of the molecule is CC(C)N1CCC(N2CCC(O)C2=O)CC1. The predicted octanol–water partition coefficient (Wildman–Crippen LogP) is 0.452. The fourth-order valence-electron chi connectivity index (χ4n) is 2.76. The number of aliphatic hydroxyl groups is 1. The van der Waals surface area contributed by atoms with Crippen LogP contribution in [-0.2, 0) is 4.79 Å². The van der Waals surface area contributed by atoms with Crippen molar-refractivity contribution in [3.63, 3.8) is 0 Å². The zero-order valence-electron chi connectivity index (χ0n) is 10.2. The molecule has 0 aromatic heterocycles. The van der Waals surface area contributed by atoms with Gasteiger partial charge in [-0.25, -0.2) is 0 Å². The number of nitrogens with zero attached hydrogens (tertiary/aromatic N) is 2. The van der Waals surface area contributed by atoms with E-state index < -0.39 is 6.10 Å². The lowest BCUT2D eigenvalue weighted by atomic mass is 10.0. The van der Waals surface area contributed by atoms with Gasteiger partial charge >= 0.3 is 0 Å². The molecule has 2 rings (SSSR count). The zero-order valence-corrected chi connectivity index (χ0v) is 10.2. The van der Waals surface area contributed by atoms with Gasteiger partial charge in [0.1, 0.15) is 6.10 Å². The molecular formula is C12H22N2O2. The van der Waals surface area contributed by atoms with Crippen LogP contribution in [0.25, 0.3) is 0 Å². The minimum Gasteiger partial charge on any atom is -0.383 e. The van der Waals surface area contributed by atoms with Gasteiger partial charge in [-0.05, 0) is 33.1 Å². The number of hydrogen-bond donors (Lipinski definition) is 1. The Morgan fingerprint density at radius 2 is 1.81 bits per heavy atom. The third-order valence-corrected chi connectivity index (χ3v) is 3.88. The van der Waals surface area contributed by atoms with E-state index in [0.717, 1.165) is 32.5 Å². The van der Waals surface area contributed by atoms with E-state index in [1.165, 1.54) is 0 Å². The van der Waals surface area contributed by atoms with Crippen LogP contribution in [0.2, 0.25) is 0 Å². The zero-order chi connectivity index (χ0) is 11.7. The summed E-state index contributed by atoms with van der Waals surface area (Å²) in [5.41, 5.74) is 0. The second kappa shape index (κ2) is 4.72. The number of carbonyl (C=O) groups is 1. The van der Waals surface area contributed by atoms with Gasteiger partial charge in [0, 0.05) is 31.7 Å². The maximum Gasteiger partial charge on any atom is 0.251 e. The third-order valence-electron chi connectivity index (χ3n) is 3.88. The van der Waals surface area contributed by atoms with Gasteiger partial charge in [0.25, 0.3) is 5.91 Å². The molecule has 16 heavy (non-hydrogen) atoms. The summed E-state index contributed by atoms with van der Waals surface area (Å²) >= 11 is 0. The monoisotopic (exact) mass is 226 g/mol. The van der Waals surface area contributed by atoms with E-state index in [9.17, 15) is 9.90 Å². The van der Waals surface area contributed by atoms with Gasteiger partial charge in [0.2, 0.25) is 0 Å². The van der Waals surface area contributed by atoms with E-state index in [1.54, 1.807) is 0 Å². The largest absolute Gasteiger partial charge is 0.383 e. The first kappa shape index (κ1) is 11.9. The molecule has 2 aliphatic rings. The molecule has 4 heteroatoms. The summed E-state index contributed by atoms with van der Waals surface area (Å²) in [6.45, 7) is 7.31. The molecule has 0 aromatic carbocycles. The lowest BCUT2D eigenvalue weighted by molar-refractivity contribution is -0.137. The van der Waals surface area contributed by atoms with Crippen LogP contribution in [0.4, 0.5) is 0 Å². The predicted molar refractivity (Wildman–Crippen MR) is 62.1 cm³/mol. The number of hydrogen-bond acceptors (Lipinski definition) is 3. The van der Waals surface area contributed by atoms with Gasteiger partial charge in [0.05, 0.1) is 0 Å². The highest BCUT2D eigenvalue weighted by Gasteiger charge is 2.36. The fraction of sp³-hybridized carbons (Fsp3) is 0.917. The first-order valence-corrected chi connectivity index (χ1v) is 6.32. The van der Waals surface area contributed by atoms with Crippen LogP contribution in [0.3, 0.4) is 0 Å². The van der Waals surface area contributed by atoms with Crippen LogP contribution in [0.15, 0.2) is 0 Å². The Balaban J connectivity index is 1.87. The van der Waals surface area contributed by atoms with Crippen LogP contribution >= 0.6 is 0 Å². The molecule has 4 nitrogen and oxygen atoms in total. The standard InChI is InChI=1S/C12H22N2O2/c1-9(2)13-6-3-10(4-7-13)14-8-5-11(15)12(14)16/h9-11,15H,3-8H2,1-2H3. The van der Waals surface area contributed by atoms with E-state index in [-0.39, 0.29) is 5.91 Å². The van der Waals surface area contributed by atoms with E-state index >= 15 is 0 Å². The van der Waals surface area contributed by atoms with Gasteiger partial charge in [-0.2, -0.15) is 0 Å². The molecule has 0 saturated carbocycles. The van der Waals surface area contributed by atoms with Gasteiger partial charge < -0.3 is 14.9 Å². The molecule has 1 unspecified atom stereocenters. The van der Waals surface area contributed by atoms with Crippen LogP contribution in [0, 0.1) is 0 Å². The number of likely N-dealkylation sites (tertiary alicyclic amines) is 2. The Hall–Kier alpha value is -0.610. The smallest absolute Gasteiger partial charge is 0.251 e. The van der Waals surface area contributed by atoms with Crippen molar-refractivity contribution < 1.29 is 9.90 Å². The average Bonchev–Trinajstić information content (AvgIpc) is 2.60. The molecule has 0 aromatic rings. The molecule has 1 atom stereocenters. The Labute approximate surface area is 97.2 Å². The summed E-state index contributed by atoms with van der Waals surface area (Å²) in [5, 5.41) is 9.44. The van der Waals surface area contributed by atoms with Crippen LogP contribution in [0.5, 0.6) is 0 Å². The van der Waals surface area contributed by atoms with Crippen molar-refractivity contribution in [1.29, 1.82) is 0 Å². The van der Waals surface area contributed by atoms with Crippen LogP contribution in [0.1, 0.15) is 33.1 Å². The molecule has 92 valence electrons. The summed E-state index contributed by atoms with van der Waals surface area (Å²) in [6, 6.07) is 0.959. The Morgan fingerprint density at radius 1 is 1.19 bits per heavy atom. The Bertz CT molecular complexity index is 260.